The zero-order chi connectivity index (χ0) is 14.7. The van der Waals surface area contributed by atoms with Gasteiger partial charge in [0.1, 0.15) is 0 Å². The van der Waals surface area contributed by atoms with Crippen molar-refractivity contribution in [2.24, 2.45) is 5.92 Å². The summed E-state index contributed by atoms with van der Waals surface area (Å²) in [5.41, 5.74) is 1.18. The van der Waals surface area contributed by atoms with Gasteiger partial charge >= 0.3 is 0 Å². The largest absolute Gasteiger partial charge is 0.409 e. The molecule has 0 saturated carbocycles. The molecule has 1 aromatic carbocycles. The van der Waals surface area contributed by atoms with E-state index in [4.69, 9.17) is 10.8 Å². The van der Waals surface area contributed by atoms with Gasteiger partial charge in [0, 0.05) is 5.92 Å². The maximum atomic E-state index is 6.54. The van der Waals surface area contributed by atoms with Crippen molar-refractivity contribution in [1.29, 1.82) is 0 Å². The maximum Gasteiger partial charge on any atom is 0.192 e. The van der Waals surface area contributed by atoms with Gasteiger partial charge in [0.2, 0.25) is 0 Å². The van der Waals surface area contributed by atoms with Gasteiger partial charge in [-0.2, -0.15) is 0 Å². The molecule has 0 bridgehead atoms. The number of hydrogen-bond donors (Lipinski definition) is 0. The molecule has 0 N–H and O–H groups in total. The summed E-state index contributed by atoms with van der Waals surface area (Å²) < 4.78 is 6.54. The van der Waals surface area contributed by atoms with Crippen LogP contribution in [0.4, 0.5) is 0 Å². The average Bonchev–Trinajstić information content (AvgIpc) is 2.35. The molecule has 0 aliphatic heterocycles. The molecule has 0 saturated heterocycles. The number of rotatable bonds is 4. The van der Waals surface area contributed by atoms with Crippen molar-refractivity contribution in [3.8, 4) is 12.3 Å². The van der Waals surface area contributed by atoms with E-state index in [2.05, 4.69) is 58.8 Å². The monoisotopic (exact) mass is 274 g/mol. The third-order valence-corrected chi connectivity index (χ3v) is 8.53. The smallest absolute Gasteiger partial charge is 0.192 e. The van der Waals surface area contributed by atoms with Crippen LogP contribution in [0.25, 0.3) is 0 Å². The highest BCUT2D eigenvalue weighted by atomic mass is 28.4. The minimum absolute atomic E-state index is 0.00732. The van der Waals surface area contributed by atoms with Gasteiger partial charge in [0.05, 0.1) is 6.10 Å². The molecule has 0 aliphatic carbocycles. The number of hydrogen-bond acceptors (Lipinski definition) is 1. The molecule has 0 aromatic heterocycles. The second kappa shape index (κ2) is 5.94. The molecule has 0 radical (unpaired) electrons. The van der Waals surface area contributed by atoms with Crippen molar-refractivity contribution in [1.82, 2.24) is 0 Å². The standard InChI is InChI=1S/C17H26OSi/c1-8-14(2)16(15-12-10-9-11-13-15)18-19(6,7)17(3,4)5/h1,9-14,16H,2-7H3/t14-,16-/m0/s1. The Kier molecular flexibility index (Phi) is 5.01. The summed E-state index contributed by atoms with van der Waals surface area (Å²) >= 11 is 0. The summed E-state index contributed by atoms with van der Waals surface area (Å²) in [4.78, 5) is 0. The van der Waals surface area contributed by atoms with Crippen molar-refractivity contribution in [2.45, 2.75) is 51.9 Å². The molecule has 1 nitrogen and oxygen atoms in total. The first kappa shape index (κ1) is 16.0. The van der Waals surface area contributed by atoms with E-state index in [0.29, 0.717) is 0 Å². The van der Waals surface area contributed by atoms with Crippen LogP contribution in [0.15, 0.2) is 30.3 Å². The SMILES string of the molecule is C#C[C@H](C)[C@H](O[Si](C)(C)C(C)(C)C)c1ccccc1. The zero-order valence-corrected chi connectivity index (χ0v) is 14.0. The average molecular weight is 274 g/mol. The Bertz CT molecular complexity index is 437. The van der Waals surface area contributed by atoms with Crippen LogP contribution >= 0.6 is 0 Å². The summed E-state index contributed by atoms with van der Waals surface area (Å²) in [5, 5.41) is 0.189. The lowest BCUT2D eigenvalue weighted by atomic mass is 9.98. The Morgan fingerprint density at radius 2 is 1.68 bits per heavy atom. The van der Waals surface area contributed by atoms with Gasteiger partial charge in [-0.1, -0.05) is 51.1 Å². The van der Waals surface area contributed by atoms with E-state index in [1.165, 1.54) is 5.56 Å². The molecule has 0 spiro atoms. The summed E-state index contributed by atoms with van der Waals surface area (Å²) in [6.45, 7) is 13.4. The summed E-state index contributed by atoms with van der Waals surface area (Å²) in [5.74, 6) is 2.91. The van der Waals surface area contributed by atoms with Crippen LogP contribution in [0.2, 0.25) is 18.1 Å². The topological polar surface area (TPSA) is 9.23 Å². The lowest BCUT2D eigenvalue weighted by Crippen LogP contribution is -2.42. The highest BCUT2D eigenvalue weighted by molar-refractivity contribution is 6.74. The number of terminal acetylenes is 1. The second-order valence-corrected chi connectivity index (χ2v) is 11.4. The molecule has 19 heavy (non-hydrogen) atoms. The first-order valence-electron chi connectivity index (χ1n) is 6.88. The van der Waals surface area contributed by atoms with Crippen LogP contribution in [0.5, 0.6) is 0 Å². The quantitative estimate of drug-likeness (QED) is 0.553. The molecule has 2 atom stereocenters. The van der Waals surface area contributed by atoms with Gasteiger partial charge in [-0.3, -0.25) is 0 Å². The van der Waals surface area contributed by atoms with Crippen LogP contribution in [-0.4, -0.2) is 8.32 Å². The van der Waals surface area contributed by atoms with Crippen molar-refractivity contribution < 1.29 is 4.43 Å². The molecular weight excluding hydrogens is 248 g/mol. The fourth-order valence-corrected chi connectivity index (χ4v) is 3.01. The van der Waals surface area contributed by atoms with Gasteiger partial charge in [-0.05, 0) is 30.6 Å². The minimum Gasteiger partial charge on any atom is -0.409 e. The molecule has 0 heterocycles. The Morgan fingerprint density at radius 1 is 1.16 bits per heavy atom. The summed E-state index contributed by atoms with van der Waals surface area (Å²) in [7, 11) is -1.83. The fraction of sp³-hybridized carbons (Fsp3) is 0.529. The third kappa shape index (κ3) is 3.96. The zero-order valence-electron chi connectivity index (χ0n) is 13.0. The number of benzene rings is 1. The summed E-state index contributed by atoms with van der Waals surface area (Å²) in [6, 6.07) is 10.3. The Labute approximate surface area is 119 Å². The minimum atomic E-state index is -1.83. The van der Waals surface area contributed by atoms with Crippen molar-refractivity contribution in [3.63, 3.8) is 0 Å². The van der Waals surface area contributed by atoms with E-state index in [9.17, 15) is 0 Å². The van der Waals surface area contributed by atoms with Crippen LogP contribution < -0.4 is 0 Å². The van der Waals surface area contributed by atoms with Crippen molar-refractivity contribution >= 4 is 8.32 Å². The van der Waals surface area contributed by atoms with Gasteiger partial charge in [0.25, 0.3) is 0 Å². The van der Waals surface area contributed by atoms with Gasteiger partial charge in [0.15, 0.2) is 8.32 Å². The fourth-order valence-electron chi connectivity index (χ4n) is 1.68. The van der Waals surface area contributed by atoms with Crippen LogP contribution in [0.1, 0.15) is 39.4 Å². The molecule has 0 aliphatic rings. The predicted octanol–water partition coefficient (Wildman–Crippen LogP) is 5.02. The molecule has 1 rings (SSSR count). The van der Waals surface area contributed by atoms with Gasteiger partial charge in [-0.25, -0.2) is 0 Å². The highest BCUT2D eigenvalue weighted by Crippen LogP contribution is 2.41. The molecule has 0 fully saturated rings. The van der Waals surface area contributed by atoms with E-state index in [-0.39, 0.29) is 17.1 Å². The van der Waals surface area contributed by atoms with E-state index in [1.807, 2.05) is 18.2 Å². The normalized spacial score (nSPS) is 15.6. The van der Waals surface area contributed by atoms with Crippen LogP contribution in [0, 0.1) is 18.3 Å². The molecule has 104 valence electrons. The molecular formula is C17H26OSi. The molecule has 0 unspecified atom stereocenters. The lowest BCUT2D eigenvalue weighted by molar-refractivity contribution is 0.151. The van der Waals surface area contributed by atoms with E-state index >= 15 is 0 Å². The first-order valence-corrected chi connectivity index (χ1v) is 9.79. The first-order chi connectivity index (χ1) is 8.69. The van der Waals surface area contributed by atoms with Gasteiger partial charge in [-0.15, -0.1) is 12.3 Å². The highest BCUT2D eigenvalue weighted by Gasteiger charge is 2.40. The lowest BCUT2D eigenvalue weighted by Gasteiger charge is -2.40. The van der Waals surface area contributed by atoms with Gasteiger partial charge < -0.3 is 4.43 Å². The Morgan fingerprint density at radius 3 is 2.11 bits per heavy atom. The van der Waals surface area contributed by atoms with Crippen LogP contribution in [-0.2, 0) is 4.43 Å². The Balaban J connectivity index is 3.05. The van der Waals surface area contributed by atoms with Crippen LogP contribution in [0.3, 0.4) is 0 Å². The molecule has 0 amide bonds. The molecule has 1 aromatic rings. The van der Waals surface area contributed by atoms with E-state index in [0.717, 1.165) is 0 Å². The Hall–Kier alpha value is -1.04. The van der Waals surface area contributed by atoms with E-state index < -0.39 is 8.32 Å². The summed E-state index contributed by atoms with van der Waals surface area (Å²) in [6.07, 6.45) is 5.62. The van der Waals surface area contributed by atoms with E-state index in [1.54, 1.807) is 0 Å². The third-order valence-electron chi connectivity index (χ3n) is 4.07. The maximum absolute atomic E-state index is 6.54. The second-order valence-electron chi connectivity index (χ2n) is 6.66. The predicted molar refractivity (Wildman–Crippen MR) is 85.5 cm³/mol. The van der Waals surface area contributed by atoms with Crippen molar-refractivity contribution in [3.05, 3.63) is 35.9 Å². The molecule has 2 heteroatoms. The van der Waals surface area contributed by atoms with Crippen molar-refractivity contribution in [2.75, 3.05) is 0 Å².